The predicted molar refractivity (Wildman–Crippen MR) is 76.6 cm³/mol. The lowest BCUT2D eigenvalue weighted by Gasteiger charge is -2.39. The van der Waals surface area contributed by atoms with Crippen LogP contribution in [0.15, 0.2) is 24.3 Å². The van der Waals surface area contributed by atoms with Crippen LogP contribution in [0.2, 0.25) is 0 Å². The number of rotatable bonds is 3. The van der Waals surface area contributed by atoms with E-state index in [1.807, 2.05) is 36.1 Å². The third kappa shape index (κ3) is 2.91. The average Bonchev–Trinajstić information content (AvgIpc) is 2.39. The lowest BCUT2D eigenvalue weighted by Crippen LogP contribution is -2.47. The summed E-state index contributed by atoms with van der Waals surface area (Å²) in [4.78, 5) is 14.8. The van der Waals surface area contributed by atoms with Crippen molar-refractivity contribution in [1.82, 2.24) is 4.90 Å². The van der Waals surface area contributed by atoms with Crippen molar-refractivity contribution in [3.05, 3.63) is 29.8 Å². The molecule has 0 aromatic heterocycles. The molecule has 1 heterocycles. The van der Waals surface area contributed by atoms with Gasteiger partial charge >= 0.3 is 0 Å². The summed E-state index contributed by atoms with van der Waals surface area (Å²) in [5.41, 5.74) is 0.685. The summed E-state index contributed by atoms with van der Waals surface area (Å²) in [6.45, 7) is 6.79. The minimum absolute atomic E-state index is 0.101. The Hall–Kier alpha value is -1.51. The molecule has 19 heavy (non-hydrogen) atoms. The molecule has 3 nitrogen and oxygen atoms in total. The fourth-order valence-corrected chi connectivity index (χ4v) is 2.89. The first kappa shape index (κ1) is 13.9. The van der Waals surface area contributed by atoms with E-state index in [9.17, 15) is 4.79 Å². The Balaban J connectivity index is 2.27. The summed E-state index contributed by atoms with van der Waals surface area (Å²) in [5.74, 6) is 0.795. The standard InChI is InChI=1S/C16H23NO2/c1-4-19-15-11-6-5-10-14(15)16(18)17-12(2)8-7-9-13(17)3/h5-6,10-13H,4,7-9H2,1-3H3/t12-,13+. The van der Waals surface area contributed by atoms with E-state index in [1.54, 1.807) is 0 Å². The summed E-state index contributed by atoms with van der Waals surface area (Å²) in [6.07, 6.45) is 3.39. The molecule has 0 unspecified atom stereocenters. The Kier molecular flexibility index (Phi) is 4.46. The molecule has 0 saturated carbocycles. The number of carbonyl (C=O) groups excluding carboxylic acids is 1. The number of ether oxygens (including phenoxy) is 1. The maximum Gasteiger partial charge on any atom is 0.258 e. The van der Waals surface area contributed by atoms with Gasteiger partial charge < -0.3 is 9.64 Å². The van der Waals surface area contributed by atoms with Crippen LogP contribution in [0.4, 0.5) is 0 Å². The van der Waals surface area contributed by atoms with Gasteiger partial charge in [0, 0.05) is 12.1 Å². The van der Waals surface area contributed by atoms with Gasteiger partial charge in [-0.1, -0.05) is 12.1 Å². The smallest absolute Gasteiger partial charge is 0.258 e. The summed E-state index contributed by atoms with van der Waals surface area (Å²) < 4.78 is 5.57. The Morgan fingerprint density at radius 1 is 1.26 bits per heavy atom. The minimum atomic E-state index is 0.101. The van der Waals surface area contributed by atoms with E-state index in [-0.39, 0.29) is 5.91 Å². The number of piperidine rings is 1. The number of hydrogen-bond acceptors (Lipinski definition) is 2. The van der Waals surface area contributed by atoms with Gasteiger partial charge in [0.1, 0.15) is 5.75 Å². The van der Waals surface area contributed by atoms with Gasteiger partial charge in [0.25, 0.3) is 5.91 Å². The predicted octanol–water partition coefficient (Wildman–Crippen LogP) is 3.49. The molecule has 0 radical (unpaired) electrons. The quantitative estimate of drug-likeness (QED) is 0.833. The highest BCUT2D eigenvalue weighted by Gasteiger charge is 2.30. The van der Waals surface area contributed by atoms with Gasteiger partial charge in [-0.2, -0.15) is 0 Å². The SMILES string of the molecule is CCOc1ccccc1C(=O)N1[C@H](C)CCC[C@@H]1C. The zero-order valence-corrected chi connectivity index (χ0v) is 12.1. The fourth-order valence-electron chi connectivity index (χ4n) is 2.89. The molecule has 1 fully saturated rings. The zero-order chi connectivity index (χ0) is 13.8. The Morgan fingerprint density at radius 3 is 2.53 bits per heavy atom. The van der Waals surface area contributed by atoms with Crippen LogP contribution in [-0.4, -0.2) is 29.5 Å². The molecule has 0 spiro atoms. The van der Waals surface area contributed by atoms with Crippen molar-refractivity contribution >= 4 is 5.91 Å². The maximum atomic E-state index is 12.8. The first-order valence-corrected chi connectivity index (χ1v) is 7.19. The molecule has 2 atom stereocenters. The molecule has 1 aromatic rings. The third-order valence-corrected chi connectivity index (χ3v) is 3.85. The van der Waals surface area contributed by atoms with E-state index >= 15 is 0 Å². The van der Waals surface area contributed by atoms with Crippen molar-refractivity contribution in [3.63, 3.8) is 0 Å². The van der Waals surface area contributed by atoms with Gasteiger partial charge in [0.15, 0.2) is 0 Å². The Labute approximate surface area is 115 Å². The largest absolute Gasteiger partial charge is 0.493 e. The molecular weight excluding hydrogens is 238 g/mol. The Bertz CT molecular complexity index is 434. The average molecular weight is 261 g/mol. The van der Waals surface area contributed by atoms with Gasteiger partial charge in [-0.3, -0.25) is 4.79 Å². The molecular formula is C16H23NO2. The monoisotopic (exact) mass is 261 g/mol. The van der Waals surface area contributed by atoms with E-state index in [4.69, 9.17) is 4.74 Å². The van der Waals surface area contributed by atoms with Gasteiger partial charge in [-0.25, -0.2) is 0 Å². The molecule has 104 valence electrons. The van der Waals surface area contributed by atoms with Gasteiger partial charge in [-0.05, 0) is 52.2 Å². The molecule has 3 heteroatoms. The molecule has 2 rings (SSSR count). The van der Waals surface area contributed by atoms with Crippen molar-refractivity contribution in [2.24, 2.45) is 0 Å². The van der Waals surface area contributed by atoms with Crippen molar-refractivity contribution < 1.29 is 9.53 Å². The maximum absolute atomic E-state index is 12.8. The van der Waals surface area contributed by atoms with E-state index in [1.165, 1.54) is 6.42 Å². The highest BCUT2D eigenvalue weighted by Crippen LogP contribution is 2.27. The lowest BCUT2D eigenvalue weighted by molar-refractivity contribution is 0.0507. The highest BCUT2D eigenvalue weighted by molar-refractivity contribution is 5.97. The molecule has 0 bridgehead atoms. The third-order valence-electron chi connectivity index (χ3n) is 3.85. The van der Waals surface area contributed by atoms with Crippen LogP contribution in [0.25, 0.3) is 0 Å². The lowest BCUT2D eigenvalue weighted by atomic mass is 9.96. The summed E-state index contributed by atoms with van der Waals surface area (Å²) in [6, 6.07) is 8.16. The van der Waals surface area contributed by atoms with E-state index in [0.717, 1.165) is 12.8 Å². The molecule has 1 aliphatic rings. The van der Waals surface area contributed by atoms with E-state index in [0.29, 0.717) is 30.0 Å². The number of nitrogens with zero attached hydrogens (tertiary/aromatic N) is 1. The van der Waals surface area contributed by atoms with Gasteiger partial charge in [0.05, 0.1) is 12.2 Å². The number of para-hydroxylation sites is 1. The van der Waals surface area contributed by atoms with E-state index < -0.39 is 0 Å². The zero-order valence-electron chi connectivity index (χ0n) is 12.1. The van der Waals surface area contributed by atoms with E-state index in [2.05, 4.69) is 13.8 Å². The summed E-state index contributed by atoms with van der Waals surface area (Å²) >= 11 is 0. The molecule has 1 aromatic carbocycles. The van der Waals surface area contributed by atoms with Crippen LogP contribution in [0, 0.1) is 0 Å². The van der Waals surface area contributed by atoms with Crippen LogP contribution < -0.4 is 4.74 Å². The number of hydrogen-bond donors (Lipinski definition) is 0. The minimum Gasteiger partial charge on any atom is -0.493 e. The highest BCUT2D eigenvalue weighted by atomic mass is 16.5. The molecule has 0 N–H and O–H groups in total. The molecule has 0 aliphatic carbocycles. The van der Waals surface area contributed by atoms with Crippen LogP contribution in [-0.2, 0) is 0 Å². The summed E-state index contributed by atoms with van der Waals surface area (Å²) in [5, 5.41) is 0. The van der Waals surface area contributed by atoms with Crippen LogP contribution in [0.1, 0.15) is 50.4 Å². The topological polar surface area (TPSA) is 29.5 Å². The van der Waals surface area contributed by atoms with Gasteiger partial charge in [-0.15, -0.1) is 0 Å². The molecule has 1 amide bonds. The first-order chi connectivity index (χ1) is 9.15. The van der Waals surface area contributed by atoms with Crippen molar-refractivity contribution in [2.75, 3.05) is 6.61 Å². The van der Waals surface area contributed by atoms with Crippen LogP contribution >= 0.6 is 0 Å². The second kappa shape index (κ2) is 6.09. The second-order valence-electron chi connectivity index (χ2n) is 5.27. The van der Waals surface area contributed by atoms with Crippen molar-refractivity contribution in [3.8, 4) is 5.75 Å². The molecule has 1 aliphatic heterocycles. The fraction of sp³-hybridized carbons (Fsp3) is 0.562. The number of carbonyl (C=O) groups is 1. The molecule has 1 saturated heterocycles. The van der Waals surface area contributed by atoms with Crippen LogP contribution in [0.3, 0.4) is 0 Å². The number of likely N-dealkylation sites (tertiary alicyclic amines) is 1. The first-order valence-electron chi connectivity index (χ1n) is 7.19. The number of amides is 1. The van der Waals surface area contributed by atoms with Crippen molar-refractivity contribution in [2.45, 2.75) is 52.1 Å². The number of benzene rings is 1. The Morgan fingerprint density at radius 2 is 1.89 bits per heavy atom. The van der Waals surface area contributed by atoms with Crippen molar-refractivity contribution in [1.29, 1.82) is 0 Å². The second-order valence-corrected chi connectivity index (χ2v) is 5.27. The normalized spacial score (nSPS) is 23.2. The summed E-state index contributed by atoms with van der Waals surface area (Å²) in [7, 11) is 0. The van der Waals surface area contributed by atoms with Gasteiger partial charge in [0.2, 0.25) is 0 Å². The van der Waals surface area contributed by atoms with Crippen LogP contribution in [0.5, 0.6) is 5.75 Å².